The first-order valence-electron chi connectivity index (χ1n) is 6.00. The molecule has 0 aliphatic rings. The van der Waals surface area contributed by atoms with Gasteiger partial charge < -0.3 is 11.1 Å². The summed E-state index contributed by atoms with van der Waals surface area (Å²) in [6, 6.07) is 7.60. The zero-order chi connectivity index (χ0) is 15.6. The van der Waals surface area contributed by atoms with Gasteiger partial charge >= 0.3 is 0 Å². The number of nitrogens with zero attached hydrogens (tertiary/aromatic N) is 1. The van der Waals surface area contributed by atoms with Crippen molar-refractivity contribution in [1.29, 1.82) is 0 Å². The van der Waals surface area contributed by atoms with Crippen molar-refractivity contribution in [1.82, 2.24) is 0 Å². The van der Waals surface area contributed by atoms with Crippen molar-refractivity contribution in [2.75, 3.05) is 11.1 Å². The van der Waals surface area contributed by atoms with E-state index in [4.69, 9.17) is 5.73 Å². The fraction of sp³-hybridized carbons (Fsp3) is 0.0714. The molecule has 0 saturated carbocycles. The quantitative estimate of drug-likeness (QED) is 0.515. The van der Waals surface area contributed by atoms with Crippen molar-refractivity contribution >= 4 is 23.0 Å². The minimum atomic E-state index is -0.748. The second-order valence-corrected chi connectivity index (χ2v) is 4.45. The summed E-state index contributed by atoms with van der Waals surface area (Å²) >= 11 is 0. The minimum Gasteiger partial charge on any atom is -0.399 e. The van der Waals surface area contributed by atoms with E-state index < -0.39 is 16.6 Å². The number of hydrogen-bond donors (Lipinski definition) is 2. The molecule has 0 atom stereocenters. The molecule has 2 aromatic carbocycles. The Kier molecular flexibility index (Phi) is 3.84. The largest absolute Gasteiger partial charge is 0.399 e. The summed E-state index contributed by atoms with van der Waals surface area (Å²) in [5, 5.41) is 13.0. The Morgan fingerprint density at radius 2 is 2.00 bits per heavy atom. The van der Waals surface area contributed by atoms with Crippen LogP contribution in [-0.2, 0) is 0 Å². The molecule has 7 heteroatoms. The molecule has 0 bridgehead atoms. The van der Waals surface area contributed by atoms with E-state index in [-0.39, 0.29) is 11.4 Å². The van der Waals surface area contributed by atoms with Gasteiger partial charge in [0, 0.05) is 23.4 Å². The van der Waals surface area contributed by atoms with Crippen LogP contribution in [0, 0.1) is 22.9 Å². The first kappa shape index (κ1) is 14.4. The van der Waals surface area contributed by atoms with Gasteiger partial charge in [-0.1, -0.05) is 0 Å². The normalized spacial score (nSPS) is 10.2. The number of hydrogen-bond acceptors (Lipinski definition) is 4. The second-order valence-electron chi connectivity index (χ2n) is 4.45. The highest BCUT2D eigenvalue weighted by Gasteiger charge is 2.15. The van der Waals surface area contributed by atoms with Crippen LogP contribution in [0.15, 0.2) is 36.4 Å². The van der Waals surface area contributed by atoms with E-state index >= 15 is 0 Å². The van der Waals surface area contributed by atoms with E-state index in [0.717, 1.165) is 18.2 Å². The van der Waals surface area contributed by atoms with Crippen LogP contribution in [0.25, 0.3) is 0 Å². The maximum absolute atomic E-state index is 13.6. The van der Waals surface area contributed by atoms with Crippen LogP contribution in [0.1, 0.15) is 15.9 Å². The number of carbonyl (C=O) groups excluding carboxylic acids is 1. The Morgan fingerprint density at radius 3 is 2.62 bits per heavy atom. The van der Waals surface area contributed by atoms with Gasteiger partial charge in [0.15, 0.2) is 0 Å². The topological polar surface area (TPSA) is 98.3 Å². The van der Waals surface area contributed by atoms with Crippen molar-refractivity contribution in [3.8, 4) is 0 Å². The van der Waals surface area contributed by atoms with Gasteiger partial charge in [0.05, 0.1) is 10.6 Å². The van der Waals surface area contributed by atoms with Gasteiger partial charge in [-0.05, 0) is 36.8 Å². The molecule has 2 rings (SSSR count). The lowest BCUT2D eigenvalue weighted by molar-refractivity contribution is -0.384. The highest BCUT2D eigenvalue weighted by Crippen LogP contribution is 2.22. The summed E-state index contributed by atoms with van der Waals surface area (Å²) in [5.41, 5.74) is 6.48. The Labute approximate surface area is 119 Å². The highest BCUT2D eigenvalue weighted by atomic mass is 19.1. The summed E-state index contributed by atoms with van der Waals surface area (Å²) in [5.74, 6) is -1.31. The van der Waals surface area contributed by atoms with Gasteiger partial charge in [0.25, 0.3) is 11.6 Å². The van der Waals surface area contributed by atoms with Crippen molar-refractivity contribution < 1.29 is 14.1 Å². The molecule has 0 heterocycles. The average molecular weight is 289 g/mol. The number of halogens is 1. The van der Waals surface area contributed by atoms with Gasteiger partial charge in [-0.25, -0.2) is 4.39 Å². The number of aryl methyl sites for hydroxylation is 1. The van der Waals surface area contributed by atoms with Crippen molar-refractivity contribution in [3.63, 3.8) is 0 Å². The third-order valence-electron chi connectivity index (χ3n) is 2.90. The molecule has 2 aromatic rings. The summed E-state index contributed by atoms with van der Waals surface area (Å²) in [4.78, 5) is 22.1. The second kappa shape index (κ2) is 5.58. The standard InChI is InChI=1S/C14H12FN3O3/c1-8-6-9(16)2-4-11(8)14(19)17-13-7-10(18(20)21)3-5-12(13)15/h2-7H,16H2,1H3,(H,17,19). The molecule has 0 saturated heterocycles. The maximum atomic E-state index is 13.6. The van der Waals surface area contributed by atoms with Gasteiger partial charge in [0.2, 0.25) is 0 Å². The number of anilines is 2. The molecule has 21 heavy (non-hydrogen) atoms. The zero-order valence-electron chi connectivity index (χ0n) is 11.1. The Morgan fingerprint density at radius 1 is 1.29 bits per heavy atom. The van der Waals surface area contributed by atoms with Crippen molar-refractivity contribution in [3.05, 3.63) is 63.5 Å². The fourth-order valence-corrected chi connectivity index (χ4v) is 1.85. The predicted octanol–water partition coefficient (Wildman–Crippen LogP) is 2.88. The van der Waals surface area contributed by atoms with Gasteiger partial charge in [-0.2, -0.15) is 0 Å². The van der Waals surface area contributed by atoms with E-state index in [1.165, 1.54) is 6.07 Å². The Hall–Kier alpha value is -2.96. The SMILES string of the molecule is Cc1cc(N)ccc1C(=O)Nc1cc([N+](=O)[O-])ccc1F. The number of nitro benzene ring substituents is 1. The Balaban J connectivity index is 2.31. The van der Waals surface area contributed by atoms with Gasteiger partial charge in [0.1, 0.15) is 5.82 Å². The molecule has 0 spiro atoms. The van der Waals surface area contributed by atoms with Crippen LogP contribution in [-0.4, -0.2) is 10.8 Å². The number of nitrogens with one attached hydrogen (secondary N) is 1. The number of carbonyl (C=O) groups is 1. The zero-order valence-corrected chi connectivity index (χ0v) is 11.1. The molecule has 0 aliphatic heterocycles. The third-order valence-corrected chi connectivity index (χ3v) is 2.90. The molecule has 6 nitrogen and oxygen atoms in total. The van der Waals surface area contributed by atoms with Crippen LogP contribution in [0.2, 0.25) is 0 Å². The number of amides is 1. The lowest BCUT2D eigenvalue weighted by Gasteiger charge is -2.09. The molecule has 1 amide bonds. The molecule has 0 fully saturated rings. The van der Waals surface area contributed by atoms with Gasteiger partial charge in [-0.15, -0.1) is 0 Å². The lowest BCUT2D eigenvalue weighted by atomic mass is 10.1. The molecule has 108 valence electrons. The summed E-state index contributed by atoms with van der Waals surface area (Å²) in [6.45, 7) is 1.69. The highest BCUT2D eigenvalue weighted by molar-refractivity contribution is 6.05. The van der Waals surface area contributed by atoms with Crippen molar-refractivity contribution in [2.24, 2.45) is 0 Å². The first-order valence-corrected chi connectivity index (χ1v) is 6.00. The van der Waals surface area contributed by atoms with E-state index in [1.807, 2.05) is 0 Å². The average Bonchev–Trinajstić information content (AvgIpc) is 2.40. The van der Waals surface area contributed by atoms with Crippen LogP contribution in [0.3, 0.4) is 0 Å². The van der Waals surface area contributed by atoms with E-state index in [2.05, 4.69) is 5.32 Å². The Bertz CT molecular complexity index is 731. The molecule has 3 N–H and O–H groups in total. The van der Waals surface area contributed by atoms with Crippen LogP contribution in [0.5, 0.6) is 0 Å². The molecular weight excluding hydrogens is 277 g/mol. The third kappa shape index (κ3) is 3.14. The summed E-state index contributed by atoms with van der Waals surface area (Å²) in [7, 11) is 0. The fourth-order valence-electron chi connectivity index (χ4n) is 1.85. The predicted molar refractivity (Wildman–Crippen MR) is 76.6 cm³/mol. The van der Waals surface area contributed by atoms with Gasteiger partial charge in [-0.3, -0.25) is 14.9 Å². The molecule has 0 aliphatic carbocycles. The molecule has 0 unspecified atom stereocenters. The van der Waals surface area contributed by atoms with E-state index in [0.29, 0.717) is 16.8 Å². The number of nitrogen functional groups attached to an aromatic ring is 1. The minimum absolute atomic E-state index is 0.245. The number of non-ortho nitro benzene ring substituents is 1. The van der Waals surface area contributed by atoms with E-state index in [1.54, 1.807) is 19.1 Å². The van der Waals surface area contributed by atoms with Crippen LogP contribution >= 0.6 is 0 Å². The number of rotatable bonds is 3. The smallest absolute Gasteiger partial charge is 0.271 e. The molecular formula is C14H12FN3O3. The lowest BCUT2D eigenvalue weighted by Crippen LogP contribution is -2.14. The number of nitro groups is 1. The van der Waals surface area contributed by atoms with Crippen molar-refractivity contribution in [2.45, 2.75) is 6.92 Å². The van der Waals surface area contributed by atoms with Crippen LogP contribution in [0.4, 0.5) is 21.5 Å². The summed E-state index contributed by atoms with van der Waals surface area (Å²) in [6.07, 6.45) is 0. The van der Waals surface area contributed by atoms with Crippen LogP contribution < -0.4 is 11.1 Å². The molecule has 0 aromatic heterocycles. The molecule has 0 radical (unpaired) electrons. The summed E-state index contributed by atoms with van der Waals surface area (Å²) < 4.78 is 13.6. The monoisotopic (exact) mass is 289 g/mol. The number of nitrogens with two attached hydrogens (primary N) is 1. The van der Waals surface area contributed by atoms with E-state index in [9.17, 15) is 19.3 Å². The maximum Gasteiger partial charge on any atom is 0.271 e. The number of benzene rings is 2. The first-order chi connectivity index (χ1) is 9.88.